The molecule has 2 aromatic rings. The molecule has 0 fully saturated rings. The van der Waals surface area contributed by atoms with Gasteiger partial charge in [0.1, 0.15) is 6.04 Å². The molecule has 8 nitrogen and oxygen atoms in total. The van der Waals surface area contributed by atoms with Crippen LogP contribution in [0, 0.1) is 18.3 Å². The molecule has 0 aliphatic carbocycles. The number of sulfonamides is 1. The topological polar surface area (TPSA) is 117 Å². The van der Waals surface area contributed by atoms with Crippen molar-refractivity contribution in [2.24, 2.45) is 0 Å². The van der Waals surface area contributed by atoms with E-state index in [1.807, 2.05) is 6.07 Å². The van der Waals surface area contributed by atoms with Gasteiger partial charge in [0.2, 0.25) is 10.0 Å². The third-order valence-corrected chi connectivity index (χ3v) is 6.26. The lowest BCUT2D eigenvalue weighted by molar-refractivity contribution is -0.149. The molecule has 0 bridgehead atoms. The predicted octanol–water partition coefficient (Wildman–Crippen LogP) is 2.81. The first-order valence-electron chi connectivity index (χ1n) is 9.33. The summed E-state index contributed by atoms with van der Waals surface area (Å²) in [5.41, 5.74) is 1.26. The van der Waals surface area contributed by atoms with Crippen LogP contribution < -0.4 is 9.62 Å². The van der Waals surface area contributed by atoms with E-state index in [0.29, 0.717) is 10.7 Å². The van der Waals surface area contributed by atoms with Crippen LogP contribution in [0.2, 0.25) is 5.02 Å². The lowest BCUT2D eigenvalue weighted by atomic mass is 10.2. The Kier molecular flexibility index (Phi) is 8.56. The summed E-state index contributed by atoms with van der Waals surface area (Å²) in [5, 5.41) is 9.41. The van der Waals surface area contributed by atoms with E-state index in [0.717, 1.165) is 5.56 Å². The third-order valence-electron chi connectivity index (χ3n) is 4.28. The van der Waals surface area contributed by atoms with Gasteiger partial charge in [-0.05, 0) is 49.7 Å². The van der Waals surface area contributed by atoms with E-state index in [1.165, 1.54) is 24.0 Å². The van der Waals surface area contributed by atoms with E-state index in [4.69, 9.17) is 21.6 Å². The summed E-state index contributed by atoms with van der Waals surface area (Å²) in [6, 6.07) is 13.3. The Balaban J connectivity index is 2.03. The van der Waals surface area contributed by atoms with Crippen molar-refractivity contribution in [2.45, 2.75) is 31.2 Å². The van der Waals surface area contributed by atoms with E-state index in [-0.39, 0.29) is 17.9 Å². The molecule has 31 heavy (non-hydrogen) atoms. The fourth-order valence-corrected chi connectivity index (χ4v) is 3.97. The largest absolute Gasteiger partial charge is 0.454 e. The smallest absolute Gasteiger partial charge is 0.324 e. The Morgan fingerprint density at radius 2 is 1.90 bits per heavy atom. The number of amides is 1. The van der Waals surface area contributed by atoms with Gasteiger partial charge >= 0.3 is 5.97 Å². The van der Waals surface area contributed by atoms with Gasteiger partial charge in [-0.3, -0.25) is 9.59 Å². The molecule has 0 radical (unpaired) electrons. The van der Waals surface area contributed by atoms with Crippen LogP contribution in [-0.4, -0.2) is 39.5 Å². The maximum atomic E-state index is 12.6. The first kappa shape index (κ1) is 24.3. The molecule has 1 N–H and O–H groups in total. The number of hydrogen-bond donors (Lipinski definition) is 1. The summed E-state index contributed by atoms with van der Waals surface area (Å²) in [6.45, 7) is 2.59. The number of esters is 1. The standard InChI is InChI=1S/C21H22ClN3O5S/c1-15-13-17(9-10-19(15)22)25(12-6-11-23)20(26)14-30-21(27)16(2)24-31(28,29)18-7-4-3-5-8-18/h3-5,7-10,13,16,24H,6,12,14H2,1-2H3/t16-/m0/s1. The van der Waals surface area contributed by atoms with Crippen molar-refractivity contribution >= 4 is 39.2 Å². The second-order valence-electron chi connectivity index (χ2n) is 6.65. The number of carbonyl (C=O) groups excluding carboxylic acids is 2. The summed E-state index contributed by atoms with van der Waals surface area (Å²) in [4.78, 5) is 26.2. The van der Waals surface area contributed by atoms with Crippen LogP contribution in [0.4, 0.5) is 5.69 Å². The van der Waals surface area contributed by atoms with Crippen molar-refractivity contribution in [3.63, 3.8) is 0 Å². The van der Waals surface area contributed by atoms with Gasteiger partial charge < -0.3 is 9.64 Å². The molecule has 0 saturated carbocycles. The Hall–Kier alpha value is -2.93. The Bertz CT molecular complexity index is 1080. The second kappa shape index (κ2) is 10.9. The van der Waals surface area contributed by atoms with Gasteiger partial charge in [0, 0.05) is 17.3 Å². The monoisotopic (exact) mass is 463 g/mol. The second-order valence-corrected chi connectivity index (χ2v) is 8.77. The van der Waals surface area contributed by atoms with E-state index < -0.39 is 34.5 Å². The van der Waals surface area contributed by atoms with Gasteiger partial charge in [-0.1, -0.05) is 29.8 Å². The van der Waals surface area contributed by atoms with Gasteiger partial charge in [-0.15, -0.1) is 0 Å². The van der Waals surface area contributed by atoms with Crippen molar-refractivity contribution in [1.29, 1.82) is 5.26 Å². The minimum absolute atomic E-state index is 0.00603. The number of carbonyl (C=O) groups is 2. The molecule has 0 unspecified atom stereocenters. The maximum Gasteiger partial charge on any atom is 0.324 e. The quantitative estimate of drug-likeness (QED) is 0.571. The van der Waals surface area contributed by atoms with Crippen LogP contribution in [-0.2, 0) is 24.3 Å². The van der Waals surface area contributed by atoms with Crippen LogP contribution in [0.15, 0.2) is 53.4 Å². The number of benzene rings is 2. The van der Waals surface area contributed by atoms with E-state index in [9.17, 15) is 18.0 Å². The summed E-state index contributed by atoms with van der Waals surface area (Å²) < 4.78 is 31.9. The number of halogens is 1. The SMILES string of the molecule is Cc1cc(N(CCC#N)C(=O)COC(=O)[C@H](C)NS(=O)(=O)c2ccccc2)ccc1Cl. The Morgan fingerprint density at radius 1 is 1.23 bits per heavy atom. The minimum Gasteiger partial charge on any atom is -0.454 e. The molecule has 0 aliphatic rings. The molecular formula is C21H22ClN3O5S. The van der Waals surface area contributed by atoms with Crippen molar-refractivity contribution < 1.29 is 22.7 Å². The van der Waals surface area contributed by atoms with Crippen molar-refractivity contribution in [3.05, 3.63) is 59.1 Å². The zero-order valence-electron chi connectivity index (χ0n) is 17.0. The lowest BCUT2D eigenvalue weighted by Crippen LogP contribution is -2.41. The number of rotatable bonds is 9. The third kappa shape index (κ3) is 6.79. The number of anilines is 1. The summed E-state index contributed by atoms with van der Waals surface area (Å²) in [5.74, 6) is -1.45. The van der Waals surface area contributed by atoms with Crippen molar-refractivity contribution in [1.82, 2.24) is 4.72 Å². The number of nitrogens with one attached hydrogen (secondary N) is 1. The number of nitrogens with zero attached hydrogens (tertiary/aromatic N) is 2. The molecule has 164 valence electrons. The van der Waals surface area contributed by atoms with Gasteiger partial charge in [-0.25, -0.2) is 8.42 Å². The number of nitriles is 1. The summed E-state index contributed by atoms with van der Waals surface area (Å²) >= 11 is 6.02. The van der Waals surface area contributed by atoms with Crippen LogP contribution in [0.5, 0.6) is 0 Å². The molecule has 0 aliphatic heterocycles. The van der Waals surface area contributed by atoms with Gasteiger partial charge in [0.25, 0.3) is 5.91 Å². The molecule has 1 atom stereocenters. The van der Waals surface area contributed by atoms with Gasteiger partial charge in [0.05, 0.1) is 17.4 Å². The zero-order valence-corrected chi connectivity index (χ0v) is 18.6. The van der Waals surface area contributed by atoms with E-state index >= 15 is 0 Å². The lowest BCUT2D eigenvalue weighted by Gasteiger charge is -2.23. The van der Waals surface area contributed by atoms with Crippen LogP contribution in [0.1, 0.15) is 18.9 Å². The molecule has 0 spiro atoms. The maximum absolute atomic E-state index is 12.6. The highest BCUT2D eigenvalue weighted by atomic mass is 35.5. The Labute approximate surface area is 186 Å². The predicted molar refractivity (Wildman–Crippen MR) is 116 cm³/mol. The first-order chi connectivity index (χ1) is 14.7. The highest BCUT2D eigenvalue weighted by Gasteiger charge is 2.25. The molecule has 2 aromatic carbocycles. The fourth-order valence-electron chi connectivity index (χ4n) is 2.64. The average Bonchev–Trinajstić information content (AvgIpc) is 2.75. The summed E-state index contributed by atoms with van der Waals surface area (Å²) in [6.07, 6.45) is 0.0780. The highest BCUT2D eigenvalue weighted by molar-refractivity contribution is 7.89. The summed E-state index contributed by atoms with van der Waals surface area (Å²) in [7, 11) is -3.92. The van der Waals surface area contributed by atoms with Gasteiger partial charge in [-0.2, -0.15) is 9.98 Å². The van der Waals surface area contributed by atoms with Crippen molar-refractivity contribution in [3.8, 4) is 6.07 Å². The molecule has 10 heteroatoms. The molecule has 0 saturated heterocycles. The average molecular weight is 464 g/mol. The number of aryl methyl sites for hydroxylation is 1. The molecule has 0 heterocycles. The number of hydrogen-bond acceptors (Lipinski definition) is 6. The van der Waals surface area contributed by atoms with E-state index in [2.05, 4.69) is 4.72 Å². The minimum atomic E-state index is -3.92. The van der Waals surface area contributed by atoms with Crippen LogP contribution in [0.25, 0.3) is 0 Å². The molecule has 0 aromatic heterocycles. The van der Waals surface area contributed by atoms with Crippen LogP contribution >= 0.6 is 11.6 Å². The fraction of sp³-hybridized carbons (Fsp3) is 0.286. The zero-order chi connectivity index (χ0) is 23.0. The normalized spacial score (nSPS) is 11.9. The number of ether oxygens (including phenoxy) is 1. The molecular weight excluding hydrogens is 442 g/mol. The molecule has 2 rings (SSSR count). The molecule has 1 amide bonds. The first-order valence-corrected chi connectivity index (χ1v) is 11.2. The van der Waals surface area contributed by atoms with E-state index in [1.54, 1.807) is 43.3 Å². The van der Waals surface area contributed by atoms with Crippen LogP contribution in [0.3, 0.4) is 0 Å². The Morgan fingerprint density at radius 3 is 2.52 bits per heavy atom. The highest BCUT2D eigenvalue weighted by Crippen LogP contribution is 2.23. The van der Waals surface area contributed by atoms with Gasteiger partial charge in [0.15, 0.2) is 6.61 Å². The van der Waals surface area contributed by atoms with Crippen molar-refractivity contribution in [2.75, 3.05) is 18.1 Å².